The van der Waals surface area contributed by atoms with Crippen LogP contribution in [0.1, 0.15) is 10.4 Å². The summed E-state index contributed by atoms with van der Waals surface area (Å²) in [4.78, 5) is 23.0. The van der Waals surface area contributed by atoms with Crippen LogP contribution < -0.4 is 10.9 Å². The van der Waals surface area contributed by atoms with Crippen LogP contribution in [0.15, 0.2) is 71.1 Å². The lowest BCUT2D eigenvalue weighted by Crippen LogP contribution is -2.20. The maximum Gasteiger partial charge on any atom is 0.271 e. The van der Waals surface area contributed by atoms with E-state index < -0.39 is 10.8 Å². The quantitative estimate of drug-likeness (QED) is 0.324. The number of hydrogen-bond donors (Lipinski definition) is 2. The summed E-state index contributed by atoms with van der Waals surface area (Å²) in [5.74, 6) is -0.570. The molecule has 3 aromatic carbocycles. The molecule has 1 aromatic heterocycles. The van der Waals surface area contributed by atoms with Crippen LogP contribution in [0.4, 0.5) is 11.4 Å². The molecule has 132 valence electrons. The highest BCUT2D eigenvalue weighted by Crippen LogP contribution is 2.25. The minimum Gasteiger partial charge on any atom is -0.438 e. The highest BCUT2D eigenvalue weighted by molar-refractivity contribution is 6.10. The fourth-order valence-corrected chi connectivity index (χ4v) is 2.95. The topological polar surface area (TPSA) is 109 Å². The van der Waals surface area contributed by atoms with E-state index in [4.69, 9.17) is 9.83 Å². The van der Waals surface area contributed by atoms with Crippen molar-refractivity contribution in [3.8, 4) is 0 Å². The third-order valence-corrected chi connectivity index (χ3v) is 4.24. The van der Waals surface area contributed by atoms with Crippen molar-refractivity contribution in [2.24, 2.45) is 0 Å². The average Bonchev–Trinajstić information content (AvgIpc) is 2.67. The molecule has 1 heterocycles. The average molecular weight is 359 g/mol. The van der Waals surface area contributed by atoms with Crippen LogP contribution in [0.5, 0.6) is 0 Å². The summed E-state index contributed by atoms with van der Waals surface area (Å²) >= 11 is 0. The van der Waals surface area contributed by atoms with Crippen LogP contribution in [0.25, 0.3) is 21.7 Å². The molecule has 2 N–H and O–H groups in total. The number of fused-ring (bicyclic) bond motifs is 3. The molecule has 27 heavy (non-hydrogen) atoms. The molecule has 0 aliphatic heterocycles. The summed E-state index contributed by atoms with van der Waals surface area (Å²) in [6, 6.07) is 18.6. The second-order valence-corrected chi connectivity index (χ2v) is 5.95. The van der Waals surface area contributed by atoms with Crippen LogP contribution in [0.3, 0.4) is 0 Å². The standard InChI is InChI=1S/C20H13N3O4/c21-19-17(20(24)22-13-5-3-6-14(10-13)23(25)26)11-16-15-7-2-1-4-12(15)8-9-18(16)27-19/h1-11,21H,(H,22,24). The van der Waals surface area contributed by atoms with Gasteiger partial charge in [0.05, 0.1) is 4.92 Å². The molecule has 0 spiro atoms. The number of rotatable bonds is 3. The van der Waals surface area contributed by atoms with Gasteiger partial charge in [0.2, 0.25) is 5.55 Å². The van der Waals surface area contributed by atoms with Crippen LogP contribution in [0.2, 0.25) is 0 Å². The summed E-state index contributed by atoms with van der Waals surface area (Å²) in [7, 11) is 0. The number of anilines is 1. The van der Waals surface area contributed by atoms with Crippen molar-refractivity contribution in [1.82, 2.24) is 0 Å². The van der Waals surface area contributed by atoms with Gasteiger partial charge in [0.15, 0.2) is 0 Å². The Morgan fingerprint density at radius 1 is 1.00 bits per heavy atom. The van der Waals surface area contributed by atoms with Crippen molar-refractivity contribution in [2.45, 2.75) is 0 Å². The minimum absolute atomic E-state index is 0.0466. The molecule has 0 unspecified atom stereocenters. The van der Waals surface area contributed by atoms with Gasteiger partial charge in [-0.1, -0.05) is 36.4 Å². The summed E-state index contributed by atoms with van der Waals surface area (Å²) in [6.07, 6.45) is 0. The molecule has 0 fully saturated rings. The minimum atomic E-state index is -0.570. The molecule has 0 aliphatic rings. The van der Waals surface area contributed by atoms with Crippen molar-refractivity contribution in [2.75, 3.05) is 5.32 Å². The Bertz CT molecular complexity index is 1280. The Kier molecular flexibility index (Phi) is 3.89. The van der Waals surface area contributed by atoms with Gasteiger partial charge in [-0.15, -0.1) is 0 Å². The zero-order valence-corrected chi connectivity index (χ0v) is 13.9. The molecule has 4 rings (SSSR count). The number of benzene rings is 3. The largest absolute Gasteiger partial charge is 0.438 e. The fraction of sp³-hybridized carbons (Fsp3) is 0. The monoisotopic (exact) mass is 359 g/mol. The first-order valence-corrected chi connectivity index (χ1v) is 8.09. The van der Waals surface area contributed by atoms with Crippen LogP contribution >= 0.6 is 0 Å². The zero-order chi connectivity index (χ0) is 19.0. The molecule has 0 bridgehead atoms. The SMILES string of the molecule is N=c1oc2ccc3ccccc3c2cc1C(=O)Nc1cccc([N+](=O)[O-])c1. The van der Waals surface area contributed by atoms with Crippen molar-refractivity contribution in [1.29, 1.82) is 5.41 Å². The Labute approximate surface area is 152 Å². The predicted molar refractivity (Wildman–Crippen MR) is 101 cm³/mol. The highest BCUT2D eigenvalue weighted by atomic mass is 16.6. The van der Waals surface area contributed by atoms with E-state index >= 15 is 0 Å². The van der Waals surface area contributed by atoms with Crippen LogP contribution in [-0.2, 0) is 0 Å². The summed E-state index contributed by atoms with van der Waals surface area (Å²) in [5, 5.41) is 24.1. The molecule has 0 saturated carbocycles. The number of nitrogens with zero attached hydrogens (tertiary/aromatic N) is 1. The van der Waals surface area contributed by atoms with Gasteiger partial charge in [0.25, 0.3) is 11.6 Å². The molecule has 7 heteroatoms. The van der Waals surface area contributed by atoms with Gasteiger partial charge in [-0.3, -0.25) is 20.3 Å². The van der Waals surface area contributed by atoms with Gasteiger partial charge in [-0.25, -0.2) is 0 Å². The molecule has 7 nitrogen and oxygen atoms in total. The number of non-ortho nitro benzene ring substituents is 1. The first kappa shape index (κ1) is 16.5. The van der Waals surface area contributed by atoms with Crippen molar-refractivity contribution in [3.05, 3.63) is 88.0 Å². The third-order valence-electron chi connectivity index (χ3n) is 4.24. The summed E-state index contributed by atoms with van der Waals surface area (Å²) in [5.41, 5.74) is 0.413. The lowest BCUT2D eigenvalue weighted by atomic mass is 10.0. The molecular weight excluding hydrogens is 346 g/mol. The molecule has 4 aromatic rings. The molecular formula is C20H13N3O4. The van der Waals surface area contributed by atoms with E-state index in [-0.39, 0.29) is 22.5 Å². The van der Waals surface area contributed by atoms with Gasteiger partial charge in [0.1, 0.15) is 11.1 Å². The molecule has 0 atom stereocenters. The zero-order valence-electron chi connectivity index (χ0n) is 13.9. The maximum atomic E-state index is 12.6. The Morgan fingerprint density at radius 3 is 2.63 bits per heavy atom. The number of hydrogen-bond acceptors (Lipinski definition) is 5. The number of carbonyl (C=O) groups is 1. The second-order valence-electron chi connectivity index (χ2n) is 5.95. The Morgan fingerprint density at radius 2 is 1.81 bits per heavy atom. The van der Waals surface area contributed by atoms with Gasteiger partial charge >= 0.3 is 0 Å². The number of nitro groups is 1. The van der Waals surface area contributed by atoms with Crippen molar-refractivity contribution in [3.63, 3.8) is 0 Å². The molecule has 0 radical (unpaired) electrons. The van der Waals surface area contributed by atoms with Gasteiger partial charge in [-0.2, -0.15) is 0 Å². The molecule has 0 aliphatic carbocycles. The number of nitro benzene ring substituents is 1. The molecule has 0 saturated heterocycles. The number of carbonyl (C=O) groups excluding carboxylic acids is 1. The second kappa shape index (κ2) is 6.38. The molecule has 1 amide bonds. The van der Waals surface area contributed by atoms with Crippen molar-refractivity contribution >= 4 is 39.0 Å². The van der Waals surface area contributed by atoms with E-state index in [1.165, 1.54) is 18.2 Å². The van der Waals surface area contributed by atoms with E-state index in [1.54, 1.807) is 18.2 Å². The van der Waals surface area contributed by atoms with Crippen molar-refractivity contribution < 1.29 is 14.1 Å². The van der Waals surface area contributed by atoms with Gasteiger partial charge < -0.3 is 9.73 Å². The summed E-state index contributed by atoms with van der Waals surface area (Å²) in [6.45, 7) is 0. The Balaban J connectivity index is 1.78. The summed E-state index contributed by atoms with van der Waals surface area (Å²) < 4.78 is 5.52. The van der Waals surface area contributed by atoms with Crippen LogP contribution in [-0.4, -0.2) is 10.8 Å². The first-order chi connectivity index (χ1) is 13.0. The number of nitrogens with one attached hydrogen (secondary N) is 2. The third kappa shape index (κ3) is 3.02. The van der Waals surface area contributed by atoms with E-state index in [0.717, 1.165) is 10.8 Å². The van der Waals surface area contributed by atoms with E-state index in [1.807, 2.05) is 30.3 Å². The lowest BCUT2D eigenvalue weighted by molar-refractivity contribution is -0.384. The number of amides is 1. The van der Waals surface area contributed by atoms with E-state index in [2.05, 4.69) is 5.32 Å². The van der Waals surface area contributed by atoms with Crippen LogP contribution in [0, 0.1) is 15.5 Å². The van der Waals surface area contributed by atoms with Gasteiger partial charge in [0, 0.05) is 23.2 Å². The van der Waals surface area contributed by atoms with Gasteiger partial charge in [-0.05, 0) is 29.0 Å². The predicted octanol–water partition coefficient (Wildman–Crippen LogP) is 4.23. The van der Waals surface area contributed by atoms with E-state index in [9.17, 15) is 14.9 Å². The Hall–Kier alpha value is -4.00. The maximum absolute atomic E-state index is 12.6. The first-order valence-electron chi connectivity index (χ1n) is 8.09. The highest BCUT2D eigenvalue weighted by Gasteiger charge is 2.14. The van der Waals surface area contributed by atoms with E-state index in [0.29, 0.717) is 11.0 Å². The lowest BCUT2D eigenvalue weighted by Gasteiger charge is -2.08. The fourth-order valence-electron chi connectivity index (χ4n) is 2.95. The normalized spacial score (nSPS) is 10.8. The smallest absolute Gasteiger partial charge is 0.271 e.